The summed E-state index contributed by atoms with van der Waals surface area (Å²) in [4.78, 5) is 25.5. The van der Waals surface area contributed by atoms with Gasteiger partial charge in [0.05, 0.1) is 38.9 Å². The van der Waals surface area contributed by atoms with Crippen molar-refractivity contribution in [2.45, 2.75) is 13.0 Å². The van der Waals surface area contributed by atoms with E-state index in [-0.39, 0.29) is 25.1 Å². The van der Waals surface area contributed by atoms with Crippen LogP contribution in [-0.4, -0.2) is 64.0 Å². The topological polar surface area (TPSA) is 80.3 Å². The van der Waals surface area contributed by atoms with Gasteiger partial charge in [0, 0.05) is 6.42 Å². The molecule has 0 radical (unpaired) electrons. The van der Waals surface area contributed by atoms with E-state index >= 15 is 0 Å². The van der Waals surface area contributed by atoms with Crippen LogP contribution in [-0.2, 0) is 22.5 Å². The predicted octanol–water partition coefficient (Wildman–Crippen LogP) is 3.56. The monoisotopic (exact) mass is 480 g/mol. The highest BCUT2D eigenvalue weighted by Crippen LogP contribution is 2.50. The fraction of sp³-hybridized carbons (Fsp3) is 0.333. The van der Waals surface area contributed by atoms with Gasteiger partial charge in [-0.3, -0.25) is 4.79 Å². The van der Waals surface area contributed by atoms with Crippen molar-refractivity contribution in [1.29, 1.82) is 0 Å². The van der Waals surface area contributed by atoms with E-state index in [1.165, 1.54) is 7.11 Å². The molecule has 2 heterocycles. The lowest BCUT2D eigenvalue weighted by molar-refractivity contribution is -0.917. The Kier molecular flexibility index (Phi) is 7.12. The summed E-state index contributed by atoms with van der Waals surface area (Å²) in [6.07, 6.45) is 5.57. The van der Waals surface area contributed by atoms with Gasteiger partial charge in [0.15, 0.2) is 23.8 Å². The van der Waals surface area contributed by atoms with E-state index in [4.69, 9.17) is 23.7 Å². The lowest BCUT2D eigenvalue weighted by Gasteiger charge is -2.38. The molecule has 1 atom stereocenters. The molecular weight excluding hydrogens is 450 g/mol. The molecule has 0 fully saturated rings. The number of likely N-dealkylation sites (N-methyl/N-ethyl adjacent to an activating group) is 1. The predicted molar refractivity (Wildman–Crippen MR) is 130 cm³/mol. The number of benzene rings is 2. The Morgan fingerprint density at radius 1 is 1.11 bits per heavy atom. The fourth-order valence-electron chi connectivity index (χ4n) is 4.55. The van der Waals surface area contributed by atoms with Crippen LogP contribution >= 0.6 is 0 Å². The first-order valence-electron chi connectivity index (χ1n) is 11.4. The van der Waals surface area contributed by atoms with Crippen molar-refractivity contribution < 1.29 is 37.8 Å². The van der Waals surface area contributed by atoms with Gasteiger partial charge in [-0.05, 0) is 29.3 Å². The zero-order valence-electron chi connectivity index (χ0n) is 20.3. The number of methoxy groups -OCH3 is 2. The molecule has 0 spiro atoms. The second-order valence-electron chi connectivity index (χ2n) is 8.78. The molecule has 0 amide bonds. The third-order valence-electron chi connectivity index (χ3n) is 6.29. The summed E-state index contributed by atoms with van der Waals surface area (Å²) in [5.41, 5.74) is 3.08. The number of nitrogens with zero attached hydrogens (tertiary/aromatic N) is 1. The molecule has 1 unspecified atom stereocenters. The van der Waals surface area contributed by atoms with Crippen molar-refractivity contribution in [3.8, 4) is 23.0 Å². The molecule has 2 aromatic rings. The van der Waals surface area contributed by atoms with Gasteiger partial charge in [-0.25, -0.2) is 4.79 Å². The summed E-state index contributed by atoms with van der Waals surface area (Å²) in [5, 5.41) is 0. The Bertz CT molecular complexity index is 1170. The minimum atomic E-state index is -0.282. The molecule has 0 saturated heterocycles. The number of rotatable bonds is 9. The molecule has 8 heteroatoms. The van der Waals surface area contributed by atoms with Gasteiger partial charge < -0.3 is 28.2 Å². The highest BCUT2D eigenvalue weighted by Gasteiger charge is 2.40. The molecule has 0 saturated carbocycles. The van der Waals surface area contributed by atoms with Crippen LogP contribution in [0.1, 0.15) is 27.0 Å². The van der Waals surface area contributed by atoms with Crippen LogP contribution in [0.25, 0.3) is 6.08 Å². The summed E-state index contributed by atoms with van der Waals surface area (Å²) in [6.45, 7) is 5.48. The number of ketones is 1. The van der Waals surface area contributed by atoms with Gasteiger partial charge in [-0.1, -0.05) is 30.9 Å². The lowest BCUT2D eigenvalue weighted by Crippen LogP contribution is -2.51. The Hall–Kier alpha value is -3.78. The van der Waals surface area contributed by atoms with Gasteiger partial charge in [0.25, 0.3) is 0 Å². The number of ether oxygens (including phenoxy) is 5. The van der Waals surface area contributed by atoms with E-state index in [9.17, 15) is 9.59 Å². The Morgan fingerprint density at radius 3 is 2.54 bits per heavy atom. The van der Waals surface area contributed by atoms with Crippen LogP contribution in [0, 0.1) is 0 Å². The number of fused-ring (bicyclic) bond motifs is 2. The maximum atomic E-state index is 13.5. The van der Waals surface area contributed by atoms with E-state index in [2.05, 4.69) is 6.58 Å². The molecule has 0 N–H and O–H groups in total. The van der Waals surface area contributed by atoms with Gasteiger partial charge in [0.2, 0.25) is 12.5 Å². The average Bonchev–Trinajstić information content (AvgIpc) is 3.34. The Morgan fingerprint density at radius 2 is 1.86 bits per heavy atom. The number of allylic oxidation sites excluding steroid dienone is 1. The third-order valence-corrected chi connectivity index (χ3v) is 6.29. The highest BCUT2D eigenvalue weighted by atomic mass is 16.7. The van der Waals surface area contributed by atoms with E-state index < -0.39 is 0 Å². The second-order valence-corrected chi connectivity index (χ2v) is 8.78. The minimum absolute atomic E-state index is 0.0129. The number of carbonyl (C=O) groups is 2. The van der Waals surface area contributed by atoms with Crippen molar-refractivity contribution in [3.63, 3.8) is 0 Å². The number of quaternary nitrogens is 1. The second kappa shape index (κ2) is 10.2. The van der Waals surface area contributed by atoms with Crippen molar-refractivity contribution >= 4 is 17.8 Å². The van der Waals surface area contributed by atoms with E-state index in [0.29, 0.717) is 53.4 Å². The molecule has 8 nitrogen and oxygen atoms in total. The van der Waals surface area contributed by atoms with Crippen molar-refractivity contribution in [2.75, 3.05) is 47.8 Å². The minimum Gasteiger partial charge on any atom is -0.492 e. The molecule has 2 aromatic carbocycles. The Balaban J connectivity index is 1.67. The lowest BCUT2D eigenvalue weighted by atomic mass is 9.89. The number of carbonyl (C=O) groups excluding carboxylic acids is 2. The molecule has 0 bridgehead atoms. The van der Waals surface area contributed by atoms with Crippen LogP contribution in [0.5, 0.6) is 23.0 Å². The molecule has 0 aromatic heterocycles. The van der Waals surface area contributed by atoms with Crippen molar-refractivity contribution in [1.82, 2.24) is 0 Å². The summed E-state index contributed by atoms with van der Waals surface area (Å²) in [6, 6.07) is 7.45. The van der Waals surface area contributed by atoms with Crippen molar-refractivity contribution in [2.24, 2.45) is 0 Å². The maximum Gasteiger partial charge on any atom is 0.361 e. The first kappa shape index (κ1) is 24.3. The standard InChI is InChI=1S/C27H30NO7/c1-5-14-33-19-9-6-18(7-10-19)8-11-22(29)24-20-12-13-28(2,16-23(30)31-3)15-21(20)25(32-4)27-26(24)34-17-35-27/h5-11H,1,12-17H2,2-4H3/q+1. The summed E-state index contributed by atoms with van der Waals surface area (Å²) < 4.78 is 28.0. The fourth-order valence-corrected chi connectivity index (χ4v) is 4.55. The summed E-state index contributed by atoms with van der Waals surface area (Å²) in [5.74, 6) is 1.66. The molecule has 184 valence electrons. The Labute approximate surface area is 204 Å². The average molecular weight is 481 g/mol. The van der Waals surface area contributed by atoms with E-state index in [0.717, 1.165) is 22.4 Å². The molecule has 4 rings (SSSR count). The number of hydrogen-bond donors (Lipinski definition) is 0. The van der Waals surface area contributed by atoms with E-state index in [1.807, 2.05) is 31.3 Å². The largest absolute Gasteiger partial charge is 0.492 e. The van der Waals surface area contributed by atoms with Gasteiger partial charge >= 0.3 is 5.97 Å². The zero-order chi connectivity index (χ0) is 25.0. The van der Waals surface area contributed by atoms with Gasteiger partial charge in [0.1, 0.15) is 18.9 Å². The van der Waals surface area contributed by atoms with E-state index in [1.54, 1.807) is 25.3 Å². The number of esters is 1. The van der Waals surface area contributed by atoms with Crippen molar-refractivity contribution in [3.05, 3.63) is 65.3 Å². The first-order valence-corrected chi connectivity index (χ1v) is 11.4. The molecule has 0 aliphatic carbocycles. The molecule has 2 aliphatic heterocycles. The molecule has 2 aliphatic rings. The summed E-state index contributed by atoms with van der Waals surface area (Å²) >= 11 is 0. The third kappa shape index (κ3) is 5.02. The van der Waals surface area contributed by atoms with Crippen LogP contribution in [0.4, 0.5) is 0 Å². The SMILES string of the molecule is C=CCOc1ccc(C=CC(=O)c2c3c(c(OC)c4c2OCO4)C[N+](C)(CC(=O)OC)CC3)cc1. The van der Waals surface area contributed by atoms with Crippen LogP contribution in [0.15, 0.2) is 43.0 Å². The van der Waals surface area contributed by atoms with Gasteiger partial charge in [-0.15, -0.1) is 0 Å². The zero-order valence-corrected chi connectivity index (χ0v) is 20.3. The van der Waals surface area contributed by atoms with Crippen LogP contribution in [0.3, 0.4) is 0 Å². The quantitative estimate of drug-likeness (QED) is 0.179. The molecule has 35 heavy (non-hydrogen) atoms. The van der Waals surface area contributed by atoms with Crippen LogP contribution < -0.4 is 18.9 Å². The van der Waals surface area contributed by atoms with Gasteiger partial charge in [-0.2, -0.15) is 0 Å². The highest BCUT2D eigenvalue weighted by molar-refractivity contribution is 6.11. The molecular formula is C27H30NO7+. The first-order chi connectivity index (χ1) is 16.9. The van der Waals surface area contributed by atoms with Crippen LogP contribution in [0.2, 0.25) is 0 Å². The maximum absolute atomic E-state index is 13.5. The smallest absolute Gasteiger partial charge is 0.361 e. The summed E-state index contributed by atoms with van der Waals surface area (Å²) in [7, 11) is 4.95. The number of hydrogen-bond acceptors (Lipinski definition) is 7. The normalized spacial score (nSPS) is 18.1.